The molecular formula is C25H27ClN2O5. The van der Waals surface area contributed by atoms with Crippen molar-refractivity contribution in [2.45, 2.75) is 34.3 Å². The molecule has 7 nitrogen and oxygen atoms in total. The molecule has 0 saturated heterocycles. The molecule has 0 bridgehead atoms. The molecule has 0 fully saturated rings. The van der Waals surface area contributed by atoms with Crippen LogP contribution in [0.15, 0.2) is 71.3 Å². The highest BCUT2D eigenvalue weighted by molar-refractivity contribution is 6.30. The number of hydrogen-bond donors (Lipinski definition) is 1. The van der Waals surface area contributed by atoms with Crippen LogP contribution in [0.3, 0.4) is 0 Å². The van der Waals surface area contributed by atoms with Crippen molar-refractivity contribution >= 4 is 34.9 Å². The van der Waals surface area contributed by atoms with Gasteiger partial charge in [-0.3, -0.25) is 4.90 Å². The summed E-state index contributed by atoms with van der Waals surface area (Å²) in [6.07, 6.45) is 0. The van der Waals surface area contributed by atoms with Gasteiger partial charge in [-0.15, -0.1) is 0 Å². The van der Waals surface area contributed by atoms with Gasteiger partial charge in [0.15, 0.2) is 11.4 Å². The van der Waals surface area contributed by atoms with Crippen LogP contribution in [0.25, 0.3) is 0 Å². The number of nitrogens with zero attached hydrogens (tertiary/aromatic N) is 2. The minimum Gasteiger partial charge on any atom is -0.461 e. The Kier molecular flexibility index (Phi) is 7.79. The van der Waals surface area contributed by atoms with Gasteiger partial charge in [0.2, 0.25) is 0 Å². The van der Waals surface area contributed by atoms with Crippen molar-refractivity contribution in [3.05, 3.63) is 81.9 Å². The minimum absolute atomic E-state index is 0.0869. The molecular weight excluding hydrogens is 444 g/mol. The van der Waals surface area contributed by atoms with Crippen LogP contribution < -0.4 is 9.80 Å². The third kappa shape index (κ3) is 4.89. The Bertz CT molecular complexity index is 1050. The number of carbonyl (C=O) groups excluding carboxylic acids is 2. The largest absolute Gasteiger partial charge is 0.461 e. The Hall–Kier alpha value is -3.29. The first-order valence-electron chi connectivity index (χ1n) is 10.7. The summed E-state index contributed by atoms with van der Waals surface area (Å²) in [4.78, 5) is 29.8. The highest BCUT2D eigenvalue weighted by atomic mass is 35.5. The molecule has 0 unspecified atom stereocenters. The van der Waals surface area contributed by atoms with Gasteiger partial charge in [-0.25, -0.2) is 9.59 Å². The number of carbonyl (C=O) groups is 2. The van der Waals surface area contributed by atoms with Gasteiger partial charge in [0.1, 0.15) is 0 Å². The van der Waals surface area contributed by atoms with Crippen LogP contribution in [0.1, 0.15) is 33.3 Å². The summed E-state index contributed by atoms with van der Waals surface area (Å²) in [6, 6.07) is 14.1. The van der Waals surface area contributed by atoms with E-state index in [4.69, 9.17) is 21.1 Å². The van der Waals surface area contributed by atoms with E-state index >= 15 is 0 Å². The van der Waals surface area contributed by atoms with E-state index in [0.29, 0.717) is 22.1 Å². The Labute approximate surface area is 198 Å². The fourth-order valence-corrected chi connectivity index (χ4v) is 3.89. The first kappa shape index (κ1) is 24.4. The zero-order valence-corrected chi connectivity index (χ0v) is 19.8. The second-order valence-corrected chi connectivity index (χ2v) is 7.72. The molecule has 0 amide bonds. The smallest absolute Gasteiger partial charge is 0.357 e. The topological polar surface area (TPSA) is 79.3 Å². The van der Waals surface area contributed by atoms with Crippen LogP contribution in [0, 0.1) is 0 Å². The number of ether oxygens (including phenoxy) is 2. The van der Waals surface area contributed by atoms with Crippen molar-refractivity contribution < 1.29 is 24.2 Å². The van der Waals surface area contributed by atoms with Crippen molar-refractivity contribution in [2.75, 3.05) is 23.0 Å². The fraction of sp³-hybridized carbons (Fsp3) is 0.280. The summed E-state index contributed by atoms with van der Waals surface area (Å²) in [5.41, 5.74) is 3.58. The molecule has 2 aromatic rings. The van der Waals surface area contributed by atoms with Gasteiger partial charge in [-0.1, -0.05) is 23.7 Å². The molecule has 1 heterocycles. The third-order valence-electron chi connectivity index (χ3n) is 5.20. The first-order valence-corrected chi connectivity index (χ1v) is 11.0. The van der Waals surface area contributed by atoms with E-state index in [0.717, 1.165) is 11.3 Å². The molecule has 1 aliphatic rings. The summed E-state index contributed by atoms with van der Waals surface area (Å²) in [6.45, 7) is 7.29. The number of esters is 2. The number of halogens is 1. The van der Waals surface area contributed by atoms with Crippen LogP contribution in [-0.2, 0) is 25.7 Å². The molecule has 0 aliphatic carbocycles. The second-order valence-electron chi connectivity index (χ2n) is 7.28. The molecule has 33 heavy (non-hydrogen) atoms. The van der Waals surface area contributed by atoms with Crippen molar-refractivity contribution in [3.8, 4) is 0 Å². The monoisotopic (exact) mass is 470 g/mol. The molecule has 174 valence electrons. The average Bonchev–Trinajstić information content (AvgIpc) is 2.80. The lowest BCUT2D eigenvalue weighted by Crippen LogP contribution is -2.42. The van der Waals surface area contributed by atoms with E-state index < -0.39 is 11.9 Å². The van der Waals surface area contributed by atoms with Gasteiger partial charge in [0, 0.05) is 16.4 Å². The molecule has 0 aromatic heterocycles. The van der Waals surface area contributed by atoms with E-state index in [1.54, 1.807) is 69.0 Å². The van der Waals surface area contributed by atoms with Crippen molar-refractivity contribution in [2.24, 2.45) is 0 Å². The fourth-order valence-electron chi connectivity index (χ4n) is 3.76. The summed E-state index contributed by atoms with van der Waals surface area (Å²) < 4.78 is 10.7. The van der Waals surface area contributed by atoms with Gasteiger partial charge >= 0.3 is 11.9 Å². The summed E-state index contributed by atoms with van der Waals surface area (Å²) >= 11 is 6.08. The van der Waals surface area contributed by atoms with Crippen LogP contribution in [-0.4, -0.2) is 30.3 Å². The predicted octanol–water partition coefficient (Wildman–Crippen LogP) is 4.75. The van der Waals surface area contributed by atoms with Gasteiger partial charge in [-0.05, 0) is 69.7 Å². The number of rotatable bonds is 7. The van der Waals surface area contributed by atoms with Crippen LogP contribution in [0.2, 0.25) is 5.02 Å². The van der Waals surface area contributed by atoms with Gasteiger partial charge in [-0.2, -0.15) is 0 Å². The Morgan fingerprint density at radius 3 is 1.64 bits per heavy atom. The van der Waals surface area contributed by atoms with E-state index in [9.17, 15) is 14.7 Å². The number of hydrogen-bond acceptors (Lipinski definition) is 7. The minimum atomic E-state index is -0.573. The zero-order valence-electron chi connectivity index (χ0n) is 19.1. The number of aliphatic hydroxyl groups excluding tert-OH is 1. The van der Waals surface area contributed by atoms with E-state index in [1.807, 2.05) is 17.0 Å². The summed E-state index contributed by atoms with van der Waals surface area (Å²) in [5, 5.41) is 9.93. The molecule has 0 saturated carbocycles. The maximum atomic E-state index is 13.2. The van der Waals surface area contributed by atoms with Gasteiger partial charge in [0.05, 0.1) is 31.2 Å². The normalized spacial score (nSPS) is 14.0. The SMILES string of the molecule is CCOC(=O)C1=C(C)N(c2ccc(CO)cc2)C(C)=C(C(=O)OCC)N1c1ccc(Cl)cc1. The number of aliphatic hydroxyl groups is 1. The second kappa shape index (κ2) is 10.6. The zero-order chi connectivity index (χ0) is 24.1. The maximum Gasteiger partial charge on any atom is 0.357 e. The molecule has 1 aliphatic heterocycles. The number of anilines is 2. The molecule has 1 N–H and O–H groups in total. The molecule has 0 spiro atoms. The first-order chi connectivity index (χ1) is 15.8. The molecule has 3 rings (SSSR count). The lowest BCUT2D eigenvalue weighted by Gasteiger charge is -2.40. The molecule has 8 heteroatoms. The maximum absolute atomic E-state index is 13.2. The quantitative estimate of drug-likeness (QED) is 0.585. The van der Waals surface area contributed by atoms with Crippen molar-refractivity contribution in [1.82, 2.24) is 0 Å². The van der Waals surface area contributed by atoms with Crippen LogP contribution >= 0.6 is 11.6 Å². The summed E-state index contributed by atoms with van der Waals surface area (Å²) in [5.74, 6) is -1.15. The third-order valence-corrected chi connectivity index (χ3v) is 5.45. The lowest BCUT2D eigenvalue weighted by molar-refractivity contribution is -0.139. The highest BCUT2D eigenvalue weighted by Crippen LogP contribution is 2.39. The summed E-state index contributed by atoms with van der Waals surface area (Å²) in [7, 11) is 0. The van der Waals surface area contributed by atoms with Crippen molar-refractivity contribution in [3.63, 3.8) is 0 Å². The van der Waals surface area contributed by atoms with E-state index in [-0.39, 0.29) is 31.2 Å². The standard InChI is InChI=1S/C25H27ClN2O5/c1-5-32-24(30)22-16(3)27(20-11-7-18(15-29)8-12-20)17(4)23(25(31)33-6-2)28(22)21-13-9-19(26)10-14-21/h7-14,29H,5-6,15H2,1-4H3. The average molecular weight is 471 g/mol. The molecule has 2 aromatic carbocycles. The molecule has 0 radical (unpaired) electrons. The van der Waals surface area contributed by atoms with E-state index in [1.165, 1.54) is 0 Å². The highest BCUT2D eigenvalue weighted by Gasteiger charge is 2.39. The number of benzene rings is 2. The Morgan fingerprint density at radius 2 is 1.21 bits per heavy atom. The Balaban J connectivity index is 2.29. The Morgan fingerprint density at radius 1 is 0.788 bits per heavy atom. The lowest BCUT2D eigenvalue weighted by atomic mass is 10.1. The van der Waals surface area contributed by atoms with Gasteiger partial charge < -0.3 is 19.5 Å². The van der Waals surface area contributed by atoms with Crippen molar-refractivity contribution in [1.29, 1.82) is 0 Å². The number of allylic oxidation sites excluding steroid dienone is 2. The van der Waals surface area contributed by atoms with Gasteiger partial charge in [0.25, 0.3) is 0 Å². The predicted molar refractivity (Wildman–Crippen MR) is 127 cm³/mol. The molecule has 0 atom stereocenters. The van der Waals surface area contributed by atoms with Crippen LogP contribution in [0.5, 0.6) is 0 Å². The van der Waals surface area contributed by atoms with E-state index in [2.05, 4.69) is 0 Å². The van der Waals surface area contributed by atoms with Crippen LogP contribution in [0.4, 0.5) is 11.4 Å².